The Hall–Kier alpha value is -0.860. The maximum absolute atomic E-state index is 6.00. The molecule has 19 heavy (non-hydrogen) atoms. The summed E-state index contributed by atoms with van der Waals surface area (Å²) in [5.74, 6) is 0. The molecule has 1 aliphatic rings. The Kier molecular flexibility index (Phi) is 5.00. The van der Waals surface area contributed by atoms with E-state index < -0.39 is 0 Å². The van der Waals surface area contributed by atoms with Gasteiger partial charge in [0.15, 0.2) is 0 Å². The molecule has 0 saturated carbocycles. The van der Waals surface area contributed by atoms with Crippen molar-refractivity contribution in [1.82, 2.24) is 5.32 Å². The van der Waals surface area contributed by atoms with Gasteiger partial charge >= 0.3 is 0 Å². The maximum Gasteiger partial charge on any atom is 0.0707 e. The molecule has 0 aliphatic carbocycles. The van der Waals surface area contributed by atoms with Crippen LogP contribution in [0.3, 0.4) is 0 Å². The van der Waals surface area contributed by atoms with Gasteiger partial charge in [0.05, 0.1) is 11.7 Å². The van der Waals surface area contributed by atoms with Gasteiger partial charge in [-0.25, -0.2) is 0 Å². The van der Waals surface area contributed by atoms with Crippen molar-refractivity contribution in [2.45, 2.75) is 64.2 Å². The van der Waals surface area contributed by atoms with E-state index in [2.05, 4.69) is 56.4 Å². The number of rotatable bonds is 6. The highest BCUT2D eigenvalue weighted by molar-refractivity contribution is 5.14. The first kappa shape index (κ1) is 14.5. The quantitative estimate of drug-likeness (QED) is 0.845. The molecule has 1 N–H and O–H groups in total. The number of benzene rings is 1. The SMILES string of the molecule is CC(CCc1ccccc1)NCC1CCC(C)(C)O1. The minimum absolute atomic E-state index is 0.0830. The van der Waals surface area contributed by atoms with Crippen LogP contribution < -0.4 is 5.32 Å². The van der Waals surface area contributed by atoms with Crippen molar-refractivity contribution in [2.24, 2.45) is 0 Å². The second-order valence-electron chi connectivity index (χ2n) is 6.37. The number of hydrogen-bond acceptors (Lipinski definition) is 2. The normalized spacial score (nSPS) is 23.4. The summed E-state index contributed by atoms with van der Waals surface area (Å²) in [6.45, 7) is 7.63. The van der Waals surface area contributed by atoms with Gasteiger partial charge in [-0.1, -0.05) is 30.3 Å². The minimum atomic E-state index is 0.0830. The standard InChI is InChI=1S/C17H27NO/c1-14(9-10-15-7-5-4-6-8-15)18-13-16-11-12-17(2,3)19-16/h4-8,14,16,18H,9-13H2,1-3H3. The van der Waals surface area contributed by atoms with Crippen LogP contribution >= 0.6 is 0 Å². The first-order chi connectivity index (χ1) is 9.05. The van der Waals surface area contributed by atoms with Crippen LogP contribution in [-0.4, -0.2) is 24.3 Å². The van der Waals surface area contributed by atoms with Crippen molar-refractivity contribution in [3.63, 3.8) is 0 Å². The second kappa shape index (κ2) is 6.53. The van der Waals surface area contributed by atoms with E-state index in [0.29, 0.717) is 12.1 Å². The summed E-state index contributed by atoms with van der Waals surface area (Å²) in [5, 5.41) is 3.61. The van der Waals surface area contributed by atoms with Crippen molar-refractivity contribution in [3.8, 4) is 0 Å². The molecule has 2 unspecified atom stereocenters. The third kappa shape index (κ3) is 4.96. The monoisotopic (exact) mass is 261 g/mol. The largest absolute Gasteiger partial charge is 0.371 e. The van der Waals surface area contributed by atoms with Gasteiger partial charge in [-0.15, -0.1) is 0 Å². The topological polar surface area (TPSA) is 21.3 Å². The highest BCUT2D eigenvalue weighted by Gasteiger charge is 2.31. The molecule has 1 aliphatic heterocycles. The molecule has 0 bridgehead atoms. The molecule has 1 heterocycles. The second-order valence-corrected chi connectivity index (χ2v) is 6.37. The number of hydrogen-bond donors (Lipinski definition) is 1. The lowest BCUT2D eigenvalue weighted by molar-refractivity contribution is -0.0150. The van der Waals surface area contributed by atoms with Crippen LogP contribution in [0.5, 0.6) is 0 Å². The van der Waals surface area contributed by atoms with Crippen molar-refractivity contribution >= 4 is 0 Å². The summed E-state index contributed by atoms with van der Waals surface area (Å²) in [6.07, 6.45) is 5.09. The van der Waals surface area contributed by atoms with Crippen LogP contribution in [0, 0.1) is 0 Å². The third-order valence-corrected chi connectivity index (χ3v) is 3.96. The zero-order valence-corrected chi connectivity index (χ0v) is 12.5. The van der Waals surface area contributed by atoms with E-state index in [1.165, 1.54) is 24.8 Å². The van der Waals surface area contributed by atoms with E-state index in [4.69, 9.17) is 4.74 Å². The third-order valence-electron chi connectivity index (χ3n) is 3.96. The predicted octanol–water partition coefficient (Wildman–Crippen LogP) is 3.55. The van der Waals surface area contributed by atoms with Gasteiger partial charge in [0, 0.05) is 12.6 Å². The molecular weight excluding hydrogens is 234 g/mol. The molecule has 1 aromatic rings. The summed E-state index contributed by atoms with van der Waals surface area (Å²) >= 11 is 0. The molecule has 2 heteroatoms. The van der Waals surface area contributed by atoms with Gasteiger partial charge < -0.3 is 10.1 Å². The van der Waals surface area contributed by atoms with E-state index >= 15 is 0 Å². The maximum atomic E-state index is 6.00. The van der Waals surface area contributed by atoms with Crippen LogP contribution in [-0.2, 0) is 11.2 Å². The zero-order valence-electron chi connectivity index (χ0n) is 12.5. The fourth-order valence-corrected chi connectivity index (χ4v) is 2.68. The fraction of sp³-hybridized carbons (Fsp3) is 0.647. The van der Waals surface area contributed by atoms with Gasteiger partial charge in [-0.3, -0.25) is 0 Å². The highest BCUT2D eigenvalue weighted by atomic mass is 16.5. The Labute approximate surface area is 117 Å². The zero-order chi connectivity index (χ0) is 13.7. The molecule has 1 saturated heterocycles. The number of ether oxygens (including phenoxy) is 1. The minimum Gasteiger partial charge on any atom is -0.371 e. The first-order valence-corrected chi connectivity index (χ1v) is 7.50. The van der Waals surface area contributed by atoms with E-state index in [0.717, 1.165) is 13.0 Å². The first-order valence-electron chi connectivity index (χ1n) is 7.50. The van der Waals surface area contributed by atoms with Crippen molar-refractivity contribution in [2.75, 3.05) is 6.54 Å². The number of aryl methyl sites for hydroxylation is 1. The molecule has 0 aromatic heterocycles. The lowest BCUT2D eigenvalue weighted by atomic mass is 10.0. The summed E-state index contributed by atoms with van der Waals surface area (Å²) < 4.78 is 6.00. The molecule has 0 spiro atoms. The van der Waals surface area contributed by atoms with Crippen molar-refractivity contribution in [3.05, 3.63) is 35.9 Å². The molecule has 0 amide bonds. The molecule has 106 valence electrons. The summed E-state index contributed by atoms with van der Waals surface area (Å²) in [7, 11) is 0. The molecule has 2 atom stereocenters. The summed E-state index contributed by atoms with van der Waals surface area (Å²) in [6, 6.07) is 11.3. The lowest BCUT2D eigenvalue weighted by Gasteiger charge is -2.21. The average molecular weight is 261 g/mol. The average Bonchev–Trinajstić information content (AvgIpc) is 2.75. The highest BCUT2D eigenvalue weighted by Crippen LogP contribution is 2.28. The van der Waals surface area contributed by atoms with Crippen molar-refractivity contribution in [1.29, 1.82) is 0 Å². The van der Waals surface area contributed by atoms with Crippen LogP contribution in [0.2, 0.25) is 0 Å². The predicted molar refractivity (Wildman–Crippen MR) is 80.4 cm³/mol. The van der Waals surface area contributed by atoms with Crippen LogP contribution in [0.4, 0.5) is 0 Å². The molecular formula is C17H27NO. The fourth-order valence-electron chi connectivity index (χ4n) is 2.68. The van der Waals surface area contributed by atoms with Gasteiger partial charge in [-0.2, -0.15) is 0 Å². The van der Waals surface area contributed by atoms with Crippen molar-refractivity contribution < 1.29 is 4.74 Å². The lowest BCUT2D eigenvalue weighted by Crippen LogP contribution is -2.35. The Morgan fingerprint density at radius 2 is 2.05 bits per heavy atom. The Morgan fingerprint density at radius 1 is 1.32 bits per heavy atom. The van der Waals surface area contributed by atoms with Crippen LogP contribution in [0.15, 0.2) is 30.3 Å². The van der Waals surface area contributed by atoms with Gasteiger partial charge in [0.1, 0.15) is 0 Å². The van der Waals surface area contributed by atoms with E-state index in [-0.39, 0.29) is 5.60 Å². The summed E-state index contributed by atoms with van der Waals surface area (Å²) in [4.78, 5) is 0. The van der Waals surface area contributed by atoms with Gasteiger partial charge in [0.25, 0.3) is 0 Å². The summed E-state index contributed by atoms with van der Waals surface area (Å²) in [5.41, 5.74) is 1.51. The molecule has 1 aromatic carbocycles. The van der Waals surface area contributed by atoms with Gasteiger partial charge in [-0.05, 0) is 52.0 Å². The Morgan fingerprint density at radius 3 is 2.68 bits per heavy atom. The van der Waals surface area contributed by atoms with Crippen LogP contribution in [0.1, 0.15) is 45.6 Å². The van der Waals surface area contributed by atoms with Gasteiger partial charge in [0.2, 0.25) is 0 Å². The Bertz CT molecular complexity index is 374. The molecule has 1 fully saturated rings. The molecule has 2 rings (SSSR count). The van der Waals surface area contributed by atoms with E-state index in [9.17, 15) is 0 Å². The van der Waals surface area contributed by atoms with E-state index in [1.807, 2.05) is 0 Å². The number of nitrogens with one attached hydrogen (secondary N) is 1. The molecule has 0 radical (unpaired) electrons. The molecule has 2 nitrogen and oxygen atoms in total. The Balaban J connectivity index is 1.64. The van der Waals surface area contributed by atoms with E-state index in [1.54, 1.807) is 0 Å². The smallest absolute Gasteiger partial charge is 0.0707 e. The van der Waals surface area contributed by atoms with Crippen LogP contribution in [0.25, 0.3) is 0 Å².